The summed E-state index contributed by atoms with van der Waals surface area (Å²) >= 11 is 0. The normalized spacial score (nSPS) is 25.4. The van der Waals surface area contributed by atoms with Crippen LogP contribution in [0.1, 0.15) is 52.0 Å². The third-order valence-electron chi connectivity index (χ3n) is 6.71. The van der Waals surface area contributed by atoms with E-state index >= 15 is 0 Å². The first-order chi connectivity index (χ1) is 12.3. The second kappa shape index (κ2) is 7.69. The van der Waals surface area contributed by atoms with Gasteiger partial charge in [-0.25, -0.2) is 0 Å². The van der Waals surface area contributed by atoms with Crippen LogP contribution in [0.15, 0.2) is 30.3 Å². The number of aliphatic hydroxyl groups is 1. The summed E-state index contributed by atoms with van der Waals surface area (Å²) in [6.07, 6.45) is 4.86. The zero-order valence-electron chi connectivity index (χ0n) is 16.6. The van der Waals surface area contributed by atoms with Crippen LogP contribution in [-0.2, 0) is 11.2 Å². The molecule has 1 aromatic rings. The first-order valence-electron chi connectivity index (χ1n) is 10.0. The molecule has 3 rings (SSSR count). The molecule has 0 aromatic heterocycles. The van der Waals surface area contributed by atoms with Crippen molar-refractivity contribution in [1.82, 2.24) is 9.80 Å². The van der Waals surface area contributed by atoms with E-state index in [1.165, 1.54) is 12.0 Å². The molecule has 0 bridgehead atoms. The highest BCUT2D eigenvalue weighted by atomic mass is 16.3. The van der Waals surface area contributed by atoms with Crippen molar-refractivity contribution in [2.75, 3.05) is 26.2 Å². The van der Waals surface area contributed by atoms with Crippen LogP contribution in [-0.4, -0.2) is 58.6 Å². The molecule has 1 N–H and O–H groups in total. The molecular formula is C22H34N2O2. The Morgan fingerprint density at radius 3 is 2.46 bits per heavy atom. The lowest BCUT2D eigenvalue weighted by Gasteiger charge is -2.55. The smallest absolute Gasteiger partial charge is 0.219 e. The lowest BCUT2D eigenvalue weighted by atomic mass is 9.67. The highest BCUT2D eigenvalue weighted by Crippen LogP contribution is 2.45. The maximum Gasteiger partial charge on any atom is 0.219 e. The Labute approximate surface area is 158 Å². The number of nitrogens with zero attached hydrogens (tertiary/aromatic N) is 2. The Morgan fingerprint density at radius 1 is 1.19 bits per heavy atom. The number of aryl methyl sites for hydroxylation is 1. The number of rotatable bonds is 4. The van der Waals surface area contributed by atoms with Crippen molar-refractivity contribution < 1.29 is 9.90 Å². The van der Waals surface area contributed by atoms with Gasteiger partial charge in [-0.15, -0.1) is 0 Å². The molecule has 4 nitrogen and oxygen atoms in total. The van der Waals surface area contributed by atoms with Gasteiger partial charge in [-0.3, -0.25) is 4.79 Å². The summed E-state index contributed by atoms with van der Waals surface area (Å²) in [4.78, 5) is 16.6. The minimum absolute atomic E-state index is 0.0819. The monoisotopic (exact) mass is 358 g/mol. The van der Waals surface area contributed by atoms with Crippen molar-refractivity contribution >= 4 is 5.91 Å². The second-order valence-electron chi connectivity index (χ2n) is 8.91. The molecule has 0 saturated carbocycles. The Kier molecular flexibility index (Phi) is 5.73. The first kappa shape index (κ1) is 19.4. The second-order valence-corrected chi connectivity index (χ2v) is 8.91. The lowest BCUT2D eigenvalue weighted by Crippen LogP contribution is -2.64. The van der Waals surface area contributed by atoms with Crippen LogP contribution in [0.2, 0.25) is 0 Å². The summed E-state index contributed by atoms with van der Waals surface area (Å²) in [5.41, 5.74) is 1.05. The van der Waals surface area contributed by atoms with E-state index in [0.29, 0.717) is 0 Å². The molecule has 1 amide bonds. The molecule has 144 valence electrons. The molecule has 4 heteroatoms. The van der Waals surface area contributed by atoms with E-state index in [2.05, 4.69) is 35.2 Å². The molecule has 2 aliphatic rings. The van der Waals surface area contributed by atoms with E-state index in [4.69, 9.17) is 0 Å². The number of hydrogen-bond acceptors (Lipinski definition) is 3. The SMILES string of the molecule is CC(=O)N1CC2(CCN(CCCc3ccccc3)CC2)CC(O)C1(C)C. The average Bonchev–Trinajstić information content (AvgIpc) is 2.61. The van der Waals surface area contributed by atoms with Gasteiger partial charge in [0.15, 0.2) is 0 Å². The maximum atomic E-state index is 12.1. The third kappa shape index (κ3) is 4.12. The summed E-state index contributed by atoms with van der Waals surface area (Å²) in [6, 6.07) is 10.7. The fourth-order valence-corrected chi connectivity index (χ4v) is 4.73. The molecule has 1 unspecified atom stereocenters. The van der Waals surface area contributed by atoms with E-state index in [0.717, 1.165) is 51.9 Å². The molecule has 1 atom stereocenters. The Bertz CT molecular complexity index is 606. The van der Waals surface area contributed by atoms with Crippen molar-refractivity contribution in [2.45, 2.75) is 64.5 Å². The zero-order chi connectivity index (χ0) is 18.8. The molecule has 0 aliphatic carbocycles. The van der Waals surface area contributed by atoms with E-state index in [9.17, 15) is 9.90 Å². The number of amides is 1. The lowest BCUT2D eigenvalue weighted by molar-refractivity contribution is -0.157. The van der Waals surface area contributed by atoms with E-state index in [1.54, 1.807) is 6.92 Å². The topological polar surface area (TPSA) is 43.8 Å². The molecule has 26 heavy (non-hydrogen) atoms. The molecule has 0 radical (unpaired) electrons. The minimum Gasteiger partial charge on any atom is -0.391 e. The van der Waals surface area contributed by atoms with Gasteiger partial charge in [0.1, 0.15) is 0 Å². The van der Waals surface area contributed by atoms with Crippen LogP contribution in [0.4, 0.5) is 0 Å². The van der Waals surface area contributed by atoms with E-state index in [-0.39, 0.29) is 11.3 Å². The number of hydrogen-bond donors (Lipinski definition) is 1. The van der Waals surface area contributed by atoms with Gasteiger partial charge in [0.2, 0.25) is 5.91 Å². The highest BCUT2D eigenvalue weighted by Gasteiger charge is 2.50. The molecule has 2 heterocycles. The summed E-state index contributed by atoms with van der Waals surface area (Å²) in [5, 5.41) is 10.7. The van der Waals surface area contributed by atoms with Crippen LogP contribution < -0.4 is 0 Å². The van der Waals surface area contributed by atoms with Gasteiger partial charge < -0.3 is 14.9 Å². The standard InChI is InChI=1S/C22H34N2O2/c1-18(25)24-17-22(16-20(26)21(24,2)3)11-14-23(15-12-22)13-7-10-19-8-5-4-6-9-19/h4-6,8-9,20,26H,7,10-17H2,1-3H3. The highest BCUT2D eigenvalue weighted by molar-refractivity contribution is 5.74. The zero-order valence-corrected chi connectivity index (χ0v) is 16.6. The fraction of sp³-hybridized carbons (Fsp3) is 0.682. The van der Waals surface area contributed by atoms with Crippen molar-refractivity contribution in [3.05, 3.63) is 35.9 Å². The van der Waals surface area contributed by atoms with Crippen LogP contribution >= 0.6 is 0 Å². The largest absolute Gasteiger partial charge is 0.391 e. The maximum absolute atomic E-state index is 12.1. The van der Waals surface area contributed by atoms with Crippen LogP contribution in [0, 0.1) is 5.41 Å². The average molecular weight is 359 g/mol. The molecular weight excluding hydrogens is 324 g/mol. The molecule has 2 fully saturated rings. The fourth-order valence-electron chi connectivity index (χ4n) is 4.73. The van der Waals surface area contributed by atoms with Crippen molar-refractivity contribution in [3.63, 3.8) is 0 Å². The summed E-state index contributed by atoms with van der Waals surface area (Å²) < 4.78 is 0. The number of carbonyl (C=O) groups is 1. The van der Waals surface area contributed by atoms with Gasteiger partial charge in [-0.1, -0.05) is 30.3 Å². The Balaban J connectivity index is 1.52. The van der Waals surface area contributed by atoms with Crippen molar-refractivity contribution in [1.29, 1.82) is 0 Å². The van der Waals surface area contributed by atoms with Gasteiger partial charge >= 0.3 is 0 Å². The molecule has 2 saturated heterocycles. The Morgan fingerprint density at radius 2 is 1.85 bits per heavy atom. The predicted molar refractivity (Wildman–Crippen MR) is 105 cm³/mol. The summed E-state index contributed by atoms with van der Waals surface area (Å²) in [6.45, 7) is 9.70. The number of piperidine rings is 2. The molecule has 1 spiro atoms. The summed E-state index contributed by atoms with van der Waals surface area (Å²) in [7, 11) is 0. The molecule has 1 aromatic carbocycles. The third-order valence-corrected chi connectivity index (χ3v) is 6.71. The van der Waals surface area contributed by atoms with E-state index in [1.807, 2.05) is 18.7 Å². The first-order valence-corrected chi connectivity index (χ1v) is 10.0. The van der Waals surface area contributed by atoms with Crippen LogP contribution in [0.25, 0.3) is 0 Å². The number of likely N-dealkylation sites (tertiary alicyclic amines) is 2. The minimum atomic E-state index is -0.454. The summed E-state index contributed by atoms with van der Waals surface area (Å²) in [5.74, 6) is 0.0819. The van der Waals surface area contributed by atoms with Crippen molar-refractivity contribution in [2.24, 2.45) is 5.41 Å². The van der Waals surface area contributed by atoms with Crippen LogP contribution in [0.5, 0.6) is 0 Å². The van der Waals surface area contributed by atoms with Crippen LogP contribution in [0.3, 0.4) is 0 Å². The van der Waals surface area contributed by atoms with Gasteiger partial charge in [0.05, 0.1) is 11.6 Å². The number of carbonyl (C=O) groups excluding carboxylic acids is 1. The van der Waals surface area contributed by atoms with Gasteiger partial charge in [0, 0.05) is 13.5 Å². The predicted octanol–water partition coefficient (Wildman–Crippen LogP) is 3.09. The van der Waals surface area contributed by atoms with Crippen molar-refractivity contribution in [3.8, 4) is 0 Å². The van der Waals surface area contributed by atoms with Gasteiger partial charge in [0.25, 0.3) is 0 Å². The quantitative estimate of drug-likeness (QED) is 0.899. The number of benzene rings is 1. The number of aliphatic hydroxyl groups excluding tert-OH is 1. The van der Waals surface area contributed by atoms with Gasteiger partial charge in [-0.2, -0.15) is 0 Å². The Hall–Kier alpha value is -1.39. The molecule has 2 aliphatic heterocycles. The van der Waals surface area contributed by atoms with E-state index < -0.39 is 11.6 Å². The van der Waals surface area contributed by atoms with Gasteiger partial charge in [-0.05, 0) is 76.6 Å².